The van der Waals surface area contributed by atoms with Gasteiger partial charge in [-0.2, -0.15) is 0 Å². The summed E-state index contributed by atoms with van der Waals surface area (Å²) in [7, 11) is 1.94. The van der Waals surface area contributed by atoms with Crippen LogP contribution in [-0.2, 0) is 13.6 Å². The fourth-order valence-electron chi connectivity index (χ4n) is 2.02. The fourth-order valence-corrected chi connectivity index (χ4v) is 2.02. The third-order valence-electron chi connectivity index (χ3n) is 3.02. The highest BCUT2D eigenvalue weighted by Gasteiger charge is 2.09. The number of rotatable bonds is 4. The zero-order valence-electron chi connectivity index (χ0n) is 10.7. The van der Waals surface area contributed by atoms with E-state index in [0.29, 0.717) is 0 Å². The maximum atomic E-state index is 4.16. The molecule has 0 aliphatic rings. The van der Waals surface area contributed by atoms with Crippen LogP contribution in [0.3, 0.4) is 0 Å². The topological polar surface area (TPSA) is 58.5 Å². The highest BCUT2D eigenvalue weighted by atomic mass is 15.2. The second kappa shape index (κ2) is 4.97. The zero-order valence-corrected chi connectivity index (χ0v) is 10.7. The van der Waals surface area contributed by atoms with Crippen LogP contribution >= 0.6 is 0 Å². The SMILES string of the molecule is Cn1cnnc1-c1ccccc1NCc1cc[nH]c1. The van der Waals surface area contributed by atoms with Gasteiger partial charge in [-0.25, -0.2) is 0 Å². The summed E-state index contributed by atoms with van der Waals surface area (Å²) in [6.07, 6.45) is 5.61. The Balaban J connectivity index is 1.88. The molecular formula is C14H15N5. The smallest absolute Gasteiger partial charge is 0.165 e. The average Bonchev–Trinajstić information content (AvgIpc) is 3.08. The van der Waals surface area contributed by atoms with E-state index in [1.807, 2.05) is 42.2 Å². The number of nitrogens with zero attached hydrogens (tertiary/aromatic N) is 3. The Kier molecular flexibility index (Phi) is 3.02. The molecule has 5 nitrogen and oxygen atoms in total. The Hall–Kier alpha value is -2.56. The van der Waals surface area contributed by atoms with Gasteiger partial charge in [-0.05, 0) is 23.8 Å². The minimum atomic E-state index is 0.776. The van der Waals surface area contributed by atoms with Crippen molar-refractivity contribution in [2.75, 3.05) is 5.32 Å². The van der Waals surface area contributed by atoms with E-state index in [1.165, 1.54) is 5.56 Å². The number of benzene rings is 1. The van der Waals surface area contributed by atoms with Gasteiger partial charge in [0, 0.05) is 37.2 Å². The first kappa shape index (κ1) is 11.5. The third-order valence-corrected chi connectivity index (χ3v) is 3.02. The Labute approximate surface area is 111 Å². The minimum Gasteiger partial charge on any atom is -0.380 e. The van der Waals surface area contributed by atoms with Crippen LogP contribution in [0.2, 0.25) is 0 Å². The van der Waals surface area contributed by atoms with Gasteiger partial charge >= 0.3 is 0 Å². The van der Waals surface area contributed by atoms with Crippen molar-refractivity contribution in [1.82, 2.24) is 19.7 Å². The molecule has 0 amide bonds. The van der Waals surface area contributed by atoms with Gasteiger partial charge in [0.15, 0.2) is 5.82 Å². The number of H-pyrrole nitrogens is 1. The summed E-state index contributed by atoms with van der Waals surface area (Å²) >= 11 is 0. The van der Waals surface area contributed by atoms with E-state index < -0.39 is 0 Å². The van der Waals surface area contributed by atoms with E-state index in [0.717, 1.165) is 23.6 Å². The van der Waals surface area contributed by atoms with E-state index >= 15 is 0 Å². The molecule has 2 N–H and O–H groups in total. The molecule has 3 aromatic rings. The number of nitrogens with one attached hydrogen (secondary N) is 2. The molecule has 96 valence electrons. The highest BCUT2D eigenvalue weighted by molar-refractivity contribution is 5.73. The van der Waals surface area contributed by atoms with E-state index in [2.05, 4.69) is 32.6 Å². The first-order valence-corrected chi connectivity index (χ1v) is 6.13. The summed E-state index contributed by atoms with van der Waals surface area (Å²) in [6, 6.07) is 10.2. The lowest BCUT2D eigenvalue weighted by molar-refractivity contribution is 0.919. The summed E-state index contributed by atoms with van der Waals surface area (Å²) in [5.41, 5.74) is 3.32. The number of aromatic nitrogens is 4. The molecule has 0 radical (unpaired) electrons. The Morgan fingerprint density at radius 1 is 1.26 bits per heavy atom. The maximum Gasteiger partial charge on any atom is 0.165 e. The second-order valence-corrected chi connectivity index (χ2v) is 4.38. The standard InChI is InChI=1S/C14H15N5/c1-19-10-17-18-14(19)12-4-2-3-5-13(12)16-9-11-6-7-15-8-11/h2-8,10,15-16H,9H2,1H3. The fraction of sp³-hybridized carbons (Fsp3) is 0.143. The molecule has 0 fully saturated rings. The van der Waals surface area contributed by atoms with Gasteiger partial charge in [0.2, 0.25) is 0 Å². The Morgan fingerprint density at radius 2 is 2.16 bits per heavy atom. The molecule has 0 saturated heterocycles. The van der Waals surface area contributed by atoms with Gasteiger partial charge in [0.05, 0.1) is 0 Å². The third kappa shape index (κ3) is 2.35. The Bertz CT molecular complexity index is 654. The van der Waals surface area contributed by atoms with Gasteiger partial charge < -0.3 is 14.9 Å². The monoisotopic (exact) mass is 253 g/mol. The average molecular weight is 253 g/mol. The van der Waals surface area contributed by atoms with Crippen LogP contribution in [0.4, 0.5) is 5.69 Å². The molecule has 5 heteroatoms. The molecule has 0 unspecified atom stereocenters. The number of hydrogen-bond donors (Lipinski definition) is 2. The molecule has 0 saturated carbocycles. The second-order valence-electron chi connectivity index (χ2n) is 4.38. The molecule has 2 heterocycles. The molecule has 19 heavy (non-hydrogen) atoms. The van der Waals surface area contributed by atoms with Crippen LogP contribution in [0.1, 0.15) is 5.56 Å². The number of aromatic amines is 1. The van der Waals surface area contributed by atoms with Crippen LogP contribution < -0.4 is 5.32 Å². The molecule has 1 aromatic carbocycles. The van der Waals surface area contributed by atoms with Crippen molar-refractivity contribution in [1.29, 1.82) is 0 Å². The van der Waals surface area contributed by atoms with Crippen molar-refractivity contribution in [3.8, 4) is 11.4 Å². The van der Waals surface area contributed by atoms with Crippen molar-refractivity contribution >= 4 is 5.69 Å². The largest absolute Gasteiger partial charge is 0.380 e. The molecule has 0 aliphatic carbocycles. The number of aryl methyl sites for hydroxylation is 1. The summed E-state index contributed by atoms with van der Waals surface area (Å²) in [5.74, 6) is 0.858. The van der Waals surface area contributed by atoms with Crippen LogP contribution in [0, 0.1) is 0 Å². The first-order chi connectivity index (χ1) is 9.34. The van der Waals surface area contributed by atoms with Crippen LogP contribution in [-0.4, -0.2) is 19.7 Å². The zero-order chi connectivity index (χ0) is 13.1. The van der Waals surface area contributed by atoms with Gasteiger partial charge in [0.1, 0.15) is 6.33 Å². The molecular weight excluding hydrogens is 238 g/mol. The Morgan fingerprint density at radius 3 is 2.89 bits per heavy atom. The van der Waals surface area contributed by atoms with E-state index in [9.17, 15) is 0 Å². The molecule has 0 aliphatic heterocycles. The lowest BCUT2D eigenvalue weighted by Crippen LogP contribution is -2.01. The molecule has 0 spiro atoms. The summed E-state index contributed by atoms with van der Waals surface area (Å²) < 4.78 is 1.91. The van der Waals surface area contributed by atoms with Crippen molar-refractivity contribution in [2.24, 2.45) is 7.05 Å². The predicted molar refractivity (Wildman–Crippen MR) is 74.6 cm³/mol. The number of hydrogen-bond acceptors (Lipinski definition) is 3. The van der Waals surface area contributed by atoms with Gasteiger partial charge in [0.25, 0.3) is 0 Å². The molecule has 3 rings (SSSR count). The van der Waals surface area contributed by atoms with E-state index in [-0.39, 0.29) is 0 Å². The van der Waals surface area contributed by atoms with Crippen LogP contribution in [0.25, 0.3) is 11.4 Å². The van der Waals surface area contributed by atoms with Gasteiger partial charge in [-0.15, -0.1) is 10.2 Å². The lowest BCUT2D eigenvalue weighted by Gasteiger charge is -2.10. The normalized spacial score (nSPS) is 10.6. The number of anilines is 1. The number of para-hydroxylation sites is 1. The van der Waals surface area contributed by atoms with E-state index in [4.69, 9.17) is 0 Å². The summed E-state index contributed by atoms with van der Waals surface area (Å²) in [4.78, 5) is 3.05. The summed E-state index contributed by atoms with van der Waals surface area (Å²) in [5, 5.41) is 11.5. The van der Waals surface area contributed by atoms with Gasteiger partial charge in [-0.1, -0.05) is 12.1 Å². The van der Waals surface area contributed by atoms with Crippen molar-refractivity contribution < 1.29 is 0 Å². The minimum absolute atomic E-state index is 0.776. The van der Waals surface area contributed by atoms with E-state index in [1.54, 1.807) is 6.33 Å². The van der Waals surface area contributed by atoms with Crippen molar-refractivity contribution in [3.05, 3.63) is 54.6 Å². The first-order valence-electron chi connectivity index (χ1n) is 6.13. The van der Waals surface area contributed by atoms with Gasteiger partial charge in [-0.3, -0.25) is 0 Å². The molecule has 2 aromatic heterocycles. The lowest BCUT2D eigenvalue weighted by atomic mass is 10.1. The summed E-state index contributed by atoms with van der Waals surface area (Å²) in [6.45, 7) is 0.776. The van der Waals surface area contributed by atoms with Crippen LogP contribution in [0.5, 0.6) is 0 Å². The maximum absolute atomic E-state index is 4.16. The van der Waals surface area contributed by atoms with Crippen LogP contribution in [0.15, 0.2) is 49.1 Å². The van der Waals surface area contributed by atoms with Crippen molar-refractivity contribution in [2.45, 2.75) is 6.54 Å². The molecule has 0 bridgehead atoms. The highest BCUT2D eigenvalue weighted by Crippen LogP contribution is 2.25. The quantitative estimate of drug-likeness (QED) is 0.750. The van der Waals surface area contributed by atoms with Crippen molar-refractivity contribution in [3.63, 3.8) is 0 Å². The molecule has 0 atom stereocenters. The predicted octanol–water partition coefficient (Wildman–Crippen LogP) is 2.42.